The number of nitrogens with zero attached hydrogens (tertiary/aromatic N) is 1. The maximum atomic E-state index is 8.99. The van der Waals surface area contributed by atoms with Crippen LogP contribution >= 0.6 is 11.6 Å². The van der Waals surface area contributed by atoms with Crippen LogP contribution in [-0.2, 0) is 0 Å². The second-order valence-corrected chi connectivity index (χ2v) is 4.35. The zero-order valence-corrected chi connectivity index (χ0v) is 9.67. The summed E-state index contributed by atoms with van der Waals surface area (Å²) in [6.45, 7) is 0. The zero-order chi connectivity index (χ0) is 11.4. The highest BCUT2D eigenvalue weighted by Gasteiger charge is 2.10. The first-order valence-corrected chi connectivity index (χ1v) is 5.80. The monoisotopic (exact) mass is 232 g/mol. The van der Waals surface area contributed by atoms with Gasteiger partial charge in [0.05, 0.1) is 11.3 Å². The van der Waals surface area contributed by atoms with Crippen molar-refractivity contribution in [1.82, 2.24) is 0 Å². The van der Waals surface area contributed by atoms with Crippen molar-refractivity contribution in [1.29, 1.82) is 5.26 Å². The quantitative estimate of drug-likeness (QED) is 0.789. The van der Waals surface area contributed by atoms with E-state index in [0.29, 0.717) is 16.6 Å². The van der Waals surface area contributed by atoms with Gasteiger partial charge in [-0.05, 0) is 37.5 Å². The van der Waals surface area contributed by atoms with Gasteiger partial charge in [-0.2, -0.15) is 5.26 Å². The summed E-state index contributed by atoms with van der Waals surface area (Å²) in [5.41, 5.74) is 1.47. The molecule has 0 amide bonds. The molecule has 1 atom stereocenters. The highest BCUT2D eigenvalue weighted by molar-refractivity contribution is 6.30. The second kappa shape index (κ2) is 5.05. The lowest BCUT2D eigenvalue weighted by Gasteiger charge is -2.20. The van der Waals surface area contributed by atoms with Gasteiger partial charge < -0.3 is 5.32 Å². The number of benzene rings is 1. The van der Waals surface area contributed by atoms with E-state index in [9.17, 15) is 0 Å². The Bertz CT molecular complexity index is 446. The van der Waals surface area contributed by atoms with Crippen molar-refractivity contribution in [3.63, 3.8) is 0 Å². The van der Waals surface area contributed by atoms with E-state index in [0.717, 1.165) is 18.5 Å². The Hall–Kier alpha value is -1.46. The number of hydrogen-bond acceptors (Lipinski definition) is 2. The average molecular weight is 233 g/mol. The third kappa shape index (κ3) is 2.56. The van der Waals surface area contributed by atoms with Crippen molar-refractivity contribution in [3.05, 3.63) is 40.9 Å². The minimum absolute atomic E-state index is 0.319. The minimum atomic E-state index is 0.319. The molecule has 0 spiro atoms. The smallest absolute Gasteiger partial charge is 0.101 e. The Kier molecular flexibility index (Phi) is 3.48. The van der Waals surface area contributed by atoms with Crippen molar-refractivity contribution >= 4 is 17.3 Å². The molecule has 0 saturated carbocycles. The van der Waals surface area contributed by atoms with Crippen LogP contribution in [0.2, 0.25) is 5.02 Å². The van der Waals surface area contributed by atoms with Gasteiger partial charge >= 0.3 is 0 Å². The first-order valence-electron chi connectivity index (χ1n) is 5.42. The summed E-state index contributed by atoms with van der Waals surface area (Å²) in [6.07, 6.45) is 7.78. The van der Waals surface area contributed by atoms with E-state index in [1.165, 1.54) is 6.42 Å². The van der Waals surface area contributed by atoms with Gasteiger partial charge in [-0.25, -0.2) is 0 Å². The number of halogens is 1. The van der Waals surface area contributed by atoms with Gasteiger partial charge in [0.2, 0.25) is 0 Å². The average Bonchev–Trinajstić information content (AvgIpc) is 2.31. The van der Waals surface area contributed by atoms with Crippen molar-refractivity contribution in [2.75, 3.05) is 5.32 Å². The van der Waals surface area contributed by atoms with Crippen LogP contribution in [0.15, 0.2) is 30.4 Å². The Labute approximate surface area is 101 Å². The SMILES string of the molecule is N#Cc1ccc(Cl)cc1NC1C=CCCC1. The van der Waals surface area contributed by atoms with E-state index < -0.39 is 0 Å². The molecule has 1 unspecified atom stereocenters. The first-order chi connectivity index (χ1) is 7.79. The number of rotatable bonds is 2. The van der Waals surface area contributed by atoms with Crippen LogP contribution in [0.1, 0.15) is 24.8 Å². The molecule has 16 heavy (non-hydrogen) atoms. The lowest BCUT2D eigenvalue weighted by atomic mass is 10.0. The van der Waals surface area contributed by atoms with Gasteiger partial charge in [-0.15, -0.1) is 0 Å². The molecule has 1 aliphatic carbocycles. The van der Waals surface area contributed by atoms with Gasteiger partial charge in [0.15, 0.2) is 0 Å². The van der Waals surface area contributed by atoms with Crippen molar-refractivity contribution in [3.8, 4) is 6.07 Å². The molecule has 1 aromatic carbocycles. The normalized spacial score (nSPS) is 19.1. The summed E-state index contributed by atoms with van der Waals surface area (Å²) in [6, 6.07) is 7.78. The summed E-state index contributed by atoms with van der Waals surface area (Å²) in [7, 11) is 0. The lowest BCUT2D eigenvalue weighted by molar-refractivity contribution is 0.673. The lowest BCUT2D eigenvalue weighted by Crippen LogP contribution is -2.19. The van der Waals surface area contributed by atoms with Crippen LogP contribution in [0.3, 0.4) is 0 Å². The maximum absolute atomic E-state index is 8.99. The van der Waals surface area contributed by atoms with E-state index in [-0.39, 0.29) is 0 Å². The van der Waals surface area contributed by atoms with Gasteiger partial charge in [0.1, 0.15) is 6.07 Å². The van der Waals surface area contributed by atoms with E-state index in [4.69, 9.17) is 16.9 Å². The molecule has 0 aliphatic heterocycles. The van der Waals surface area contributed by atoms with Crippen LogP contribution in [0, 0.1) is 11.3 Å². The molecule has 2 nitrogen and oxygen atoms in total. The first kappa shape index (κ1) is 11.0. The van der Waals surface area contributed by atoms with Gasteiger partial charge in [-0.3, -0.25) is 0 Å². The Morgan fingerprint density at radius 1 is 1.44 bits per heavy atom. The molecular weight excluding hydrogens is 220 g/mol. The van der Waals surface area contributed by atoms with Gasteiger partial charge in [0, 0.05) is 11.1 Å². The summed E-state index contributed by atoms with van der Waals surface area (Å²) < 4.78 is 0. The van der Waals surface area contributed by atoms with Crippen LogP contribution in [-0.4, -0.2) is 6.04 Å². The number of nitriles is 1. The Morgan fingerprint density at radius 2 is 2.31 bits per heavy atom. The molecule has 0 bridgehead atoms. The molecule has 3 heteroatoms. The number of anilines is 1. The topological polar surface area (TPSA) is 35.8 Å². The van der Waals surface area contributed by atoms with Crippen LogP contribution in [0.4, 0.5) is 5.69 Å². The van der Waals surface area contributed by atoms with Crippen LogP contribution < -0.4 is 5.32 Å². The van der Waals surface area contributed by atoms with E-state index in [1.54, 1.807) is 12.1 Å². The summed E-state index contributed by atoms with van der Waals surface area (Å²) in [5.74, 6) is 0. The van der Waals surface area contributed by atoms with E-state index >= 15 is 0 Å². The molecule has 1 N–H and O–H groups in total. The third-order valence-electron chi connectivity index (χ3n) is 2.70. The molecule has 0 saturated heterocycles. The Balaban J connectivity index is 2.19. The fourth-order valence-corrected chi connectivity index (χ4v) is 2.04. The van der Waals surface area contributed by atoms with Crippen LogP contribution in [0.5, 0.6) is 0 Å². The predicted molar refractivity (Wildman–Crippen MR) is 66.6 cm³/mol. The van der Waals surface area contributed by atoms with E-state index in [2.05, 4.69) is 23.5 Å². The molecule has 0 radical (unpaired) electrons. The third-order valence-corrected chi connectivity index (χ3v) is 2.93. The molecule has 1 aliphatic rings. The molecule has 0 heterocycles. The fraction of sp³-hybridized carbons (Fsp3) is 0.308. The molecule has 82 valence electrons. The predicted octanol–water partition coefficient (Wildman–Crippen LogP) is 3.73. The second-order valence-electron chi connectivity index (χ2n) is 3.91. The van der Waals surface area contributed by atoms with Gasteiger partial charge in [0.25, 0.3) is 0 Å². The molecular formula is C13H13ClN2. The number of allylic oxidation sites excluding steroid dienone is 1. The van der Waals surface area contributed by atoms with Crippen molar-refractivity contribution in [2.45, 2.75) is 25.3 Å². The molecule has 1 aromatic rings. The van der Waals surface area contributed by atoms with Crippen LogP contribution in [0.25, 0.3) is 0 Å². The molecule has 2 rings (SSSR count). The highest BCUT2D eigenvalue weighted by atomic mass is 35.5. The summed E-state index contributed by atoms with van der Waals surface area (Å²) in [5, 5.41) is 13.0. The van der Waals surface area contributed by atoms with E-state index in [1.807, 2.05) is 6.07 Å². The van der Waals surface area contributed by atoms with Crippen molar-refractivity contribution < 1.29 is 0 Å². The number of nitrogens with one attached hydrogen (secondary N) is 1. The highest BCUT2D eigenvalue weighted by Crippen LogP contribution is 2.23. The molecule has 0 fully saturated rings. The zero-order valence-electron chi connectivity index (χ0n) is 8.91. The fourth-order valence-electron chi connectivity index (χ4n) is 1.87. The van der Waals surface area contributed by atoms with Gasteiger partial charge in [-0.1, -0.05) is 23.8 Å². The summed E-state index contributed by atoms with van der Waals surface area (Å²) >= 11 is 5.92. The molecule has 0 aromatic heterocycles. The maximum Gasteiger partial charge on any atom is 0.101 e. The van der Waals surface area contributed by atoms with Crippen molar-refractivity contribution in [2.24, 2.45) is 0 Å². The Morgan fingerprint density at radius 3 is 3.00 bits per heavy atom. The number of hydrogen-bond donors (Lipinski definition) is 1. The minimum Gasteiger partial charge on any atom is -0.378 e. The standard InChI is InChI=1S/C13H13ClN2/c14-11-7-6-10(9-15)13(8-11)16-12-4-2-1-3-5-12/h2,4,6-8,12,16H,1,3,5H2. The largest absolute Gasteiger partial charge is 0.378 e. The summed E-state index contributed by atoms with van der Waals surface area (Å²) in [4.78, 5) is 0.